The van der Waals surface area contributed by atoms with Crippen molar-refractivity contribution in [1.29, 1.82) is 0 Å². The first-order valence-electron chi connectivity index (χ1n) is 6.86. The molecule has 0 unspecified atom stereocenters. The lowest BCUT2D eigenvalue weighted by Crippen LogP contribution is -2.03. The van der Waals surface area contributed by atoms with Crippen molar-refractivity contribution in [2.24, 2.45) is 0 Å². The van der Waals surface area contributed by atoms with E-state index in [9.17, 15) is 9.90 Å². The zero-order valence-electron chi connectivity index (χ0n) is 11.4. The molecule has 0 amide bonds. The number of aryl methyl sites for hydroxylation is 3. The minimum atomic E-state index is -0.905. The van der Waals surface area contributed by atoms with E-state index in [1.54, 1.807) is 6.07 Å². The van der Waals surface area contributed by atoms with Crippen LogP contribution in [-0.4, -0.2) is 11.1 Å². The highest BCUT2D eigenvalue weighted by Gasteiger charge is 2.13. The summed E-state index contributed by atoms with van der Waals surface area (Å²) in [7, 11) is 0. The quantitative estimate of drug-likeness (QED) is 0.886. The fraction of sp³-hybridized carbons (Fsp3) is 0.235. The zero-order chi connectivity index (χ0) is 14.1. The minimum absolute atomic E-state index is 0.311. The predicted octanol–water partition coefficient (Wildman–Crippen LogP) is 3.93. The van der Waals surface area contributed by atoms with E-state index >= 15 is 0 Å². The molecule has 0 aromatic heterocycles. The van der Waals surface area contributed by atoms with Crippen LogP contribution in [0.25, 0.3) is 0 Å². The van der Waals surface area contributed by atoms with Crippen LogP contribution in [0.15, 0.2) is 36.4 Å². The van der Waals surface area contributed by atoms with Gasteiger partial charge in [0.15, 0.2) is 0 Å². The normalized spacial score (nSPS) is 13.1. The molecule has 0 saturated heterocycles. The number of benzene rings is 2. The molecule has 2 aromatic rings. The van der Waals surface area contributed by atoms with E-state index in [1.165, 1.54) is 17.5 Å². The second-order valence-electron chi connectivity index (χ2n) is 5.32. The number of hydrogen-bond acceptors (Lipinski definition) is 2. The number of anilines is 2. The lowest BCUT2D eigenvalue weighted by molar-refractivity contribution is 0.0698. The van der Waals surface area contributed by atoms with Gasteiger partial charge in [-0.1, -0.05) is 17.7 Å². The molecular weight excluding hydrogens is 250 g/mol. The third-order valence-electron chi connectivity index (χ3n) is 3.78. The van der Waals surface area contributed by atoms with Crippen LogP contribution in [0.2, 0.25) is 0 Å². The molecule has 0 radical (unpaired) electrons. The number of hydrogen-bond donors (Lipinski definition) is 2. The van der Waals surface area contributed by atoms with Crippen LogP contribution in [0.5, 0.6) is 0 Å². The van der Waals surface area contributed by atoms with Gasteiger partial charge in [-0.25, -0.2) is 4.79 Å². The van der Waals surface area contributed by atoms with Crippen LogP contribution in [0, 0.1) is 6.92 Å². The Morgan fingerprint density at radius 2 is 1.90 bits per heavy atom. The van der Waals surface area contributed by atoms with Crippen LogP contribution in [0.1, 0.15) is 33.5 Å². The molecule has 0 bridgehead atoms. The molecule has 102 valence electrons. The largest absolute Gasteiger partial charge is 0.478 e. The number of rotatable bonds is 3. The van der Waals surface area contributed by atoms with Gasteiger partial charge in [0.05, 0.1) is 11.3 Å². The molecule has 20 heavy (non-hydrogen) atoms. The molecule has 3 heteroatoms. The van der Waals surface area contributed by atoms with Crippen LogP contribution < -0.4 is 5.32 Å². The van der Waals surface area contributed by atoms with Gasteiger partial charge in [-0.05, 0) is 61.6 Å². The number of carbonyl (C=O) groups is 1. The van der Waals surface area contributed by atoms with Crippen molar-refractivity contribution < 1.29 is 9.90 Å². The number of nitrogens with one attached hydrogen (secondary N) is 1. The van der Waals surface area contributed by atoms with Gasteiger partial charge in [0.1, 0.15) is 0 Å². The number of aromatic carboxylic acids is 1. The minimum Gasteiger partial charge on any atom is -0.478 e. The SMILES string of the molecule is Cc1ccc(Nc2ccc3c(c2)CCC3)c(C(=O)O)c1. The smallest absolute Gasteiger partial charge is 0.337 e. The number of carboxylic acid groups (broad SMARTS) is 1. The Kier molecular flexibility index (Phi) is 3.18. The van der Waals surface area contributed by atoms with E-state index in [0.717, 1.165) is 24.1 Å². The highest BCUT2D eigenvalue weighted by Crippen LogP contribution is 2.28. The first-order valence-corrected chi connectivity index (χ1v) is 6.86. The molecule has 0 aliphatic heterocycles. The molecule has 0 atom stereocenters. The molecule has 0 fully saturated rings. The Labute approximate surface area is 118 Å². The maximum atomic E-state index is 11.3. The molecule has 0 spiro atoms. The predicted molar refractivity (Wildman–Crippen MR) is 79.9 cm³/mol. The summed E-state index contributed by atoms with van der Waals surface area (Å²) in [4.78, 5) is 11.3. The van der Waals surface area contributed by atoms with Gasteiger partial charge in [-0.2, -0.15) is 0 Å². The monoisotopic (exact) mass is 267 g/mol. The van der Waals surface area contributed by atoms with Crippen LogP contribution in [-0.2, 0) is 12.8 Å². The highest BCUT2D eigenvalue weighted by atomic mass is 16.4. The van der Waals surface area contributed by atoms with Crippen molar-refractivity contribution in [2.45, 2.75) is 26.2 Å². The molecule has 1 aliphatic rings. The van der Waals surface area contributed by atoms with E-state index in [4.69, 9.17) is 0 Å². The van der Waals surface area contributed by atoms with Gasteiger partial charge in [0, 0.05) is 5.69 Å². The van der Waals surface area contributed by atoms with Gasteiger partial charge in [0.2, 0.25) is 0 Å². The molecule has 3 rings (SSSR count). The van der Waals surface area contributed by atoms with Crippen molar-refractivity contribution in [3.63, 3.8) is 0 Å². The Morgan fingerprint density at radius 3 is 2.70 bits per heavy atom. The van der Waals surface area contributed by atoms with E-state index in [0.29, 0.717) is 11.3 Å². The number of carboxylic acids is 1. The summed E-state index contributed by atoms with van der Waals surface area (Å²) in [5.74, 6) is -0.905. The summed E-state index contributed by atoms with van der Waals surface area (Å²) in [6, 6.07) is 11.7. The summed E-state index contributed by atoms with van der Waals surface area (Å²) in [6.45, 7) is 1.89. The van der Waals surface area contributed by atoms with Crippen molar-refractivity contribution in [1.82, 2.24) is 0 Å². The van der Waals surface area contributed by atoms with E-state index in [-0.39, 0.29) is 0 Å². The van der Waals surface area contributed by atoms with Gasteiger partial charge in [-0.3, -0.25) is 0 Å². The van der Waals surface area contributed by atoms with Crippen LogP contribution in [0.4, 0.5) is 11.4 Å². The Morgan fingerprint density at radius 1 is 1.10 bits per heavy atom. The topological polar surface area (TPSA) is 49.3 Å². The highest BCUT2D eigenvalue weighted by molar-refractivity contribution is 5.95. The first kappa shape index (κ1) is 12.7. The van der Waals surface area contributed by atoms with E-state index in [2.05, 4.69) is 17.4 Å². The fourth-order valence-corrected chi connectivity index (χ4v) is 2.75. The molecule has 1 aliphatic carbocycles. The van der Waals surface area contributed by atoms with Gasteiger partial charge in [0.25, 0.3) is 0 Å². The Hall–Kier alpha value is -2.29. The molecule has 0 saturated carbocycles. The summed E-state index contributed by atoms with van der Waals surface area (Å²) in [5, 5.41) is 12.5. The van der Waals surface area contributed by atoms with Crippen molar-refractivity contribution in [3.8, 4) is 0 Å². The van der Waals surface area contributed by atoms with Crippen molar-refractivity contribution >= 4 is 17.3 Å². The summed E-state index contributed by atoms with van der Waals surface area (Å²) >= 11 is 0. The molecule has 2 N–H and O–H groups in total. The summed E-state index contributed by atoms with van der Waals surface area (Å²) < 4.78 is 0. The van der Waals surface area contributed by atoms with Gasteiger partial charge < -0.3 is 10.4 Å². The summed E-state index contributed by atoms with van der Waals surface area (Å²) in [6.07, 6.45) is 3.48. The zero-order valence-corrected chi connectivity index (χ0v) is 11.4. The van der Waals surface area contributed by atoms with Crippen molar-refractivity contribution in [3.05, 3.63) is 58.7 Å². The fourth-order valence-electron chi connectivity index (χ4n) is 2.75. The lowest BCUT2D eigenvalue weighted by atomic mass is 10.1. The maximum Gasteiger partial charge on any atom is 0.337 e. The van der Waals surface area contributed by atoms with E-state index in [1.807, 2.05) is 25.1 Å². The van der Waals surface area contributed by atoms with Gasteiger partial charge in [-0.15, -0.1) is 0 Å². The van der Waals surface area contributed by atoms with Gasteiger partial charge >= 0.3 is 5.97 Å². The standard InChI is InChI=1S/C17H17NO2/c1-11-5-8-16(15(9-11)17(19)20)18-14-7-6-12-3-2-4-13(12)10-14/h5-10,18H,2-4H2,1H3,(H,19,20). The Balaban J connectivity index is 1.93. The van der Waals surface area contributed by atoms with Crippen molar-refractivity contribution in [2.75, 3.05) is 5.32 Å². The molecular formula is C17H17NO2. The lowest BCUT2D eigenvalue weighted by Gasteiger charge is -2.11. The first-order chi connectivity index (χ1) is 9.63. The number of fused-ring (bicyclic) bond motifs is 1. The average molecular weight is 267 g/mol. The van der Waals surface area contributed by atoms with Crippen LogP contribution >= 0.6 is 0 Å². The third kappa shape index (κ3) is 2.39. The second kappa shape index (κ2) is 5.00. The van der Waals surface area contributed by atoms with Crippen LogP contribution in [0.3, 0.4) is 0 Å². The maximum absolute atomic E-state index is 11.3. The Bertz CT molecular complexity index is 677. The van der Waals surface area contributed by atoms with E-state index < -0.39 is 5.97 Å². The molecule has 0 heterocycles. The average Bonchev–Trinajstić information content (AvgIpc) is 2.88. The second-order valence-corrected chi connectivity index (χ2v) is 5.32. The third-order valence-corrected chi connectivity index (χ3v) is 3.78. The molecule has 3 nitrogen and oxygen atoms in total. The molecule has 2 aromatic carbocycles. The summed E-state index contributed by atoms with van der Waals surface area (Å²) in [5.41, 5.74) is 5.64.